The summed E-state index contributed by atoms with van der Waals surface area (Å²) in [6, 6.07) is 7.50. The van der Waals surface area contributed by atoms with Crippen LogP contribution in [0.25, 0.3) is 0 Å². The van der Waals surface area contributed by atoms with Crippen molar-refractivity contribution in [3.05, 3.63) is 24.3 Å². The molecule has 2 aliphatic heterocycles. The van der Waals surface area contributed by atoms with Crippen LogP contribution in [0.5, 0.6) is 5.75 Å². The first-order chi connectivity index (χ1) is 11.2. The topological polar surface area (TPSA) is 44.8 Å². The van der Waals surface area contributed by atoms with E-state index in [0.717, 1.165) is 37.5 Å². The van der Waals surface area contributed by atoms with Gasteiger partial charge in [-0.1, -0.05) is 12.5 Å². The number of rotatable bonds is 4. The van der Waals surface area contributed by atoms with E-state index < -0.39 is 0 Å². The maximum atomic E-state index is 12.4. The third kappa shape index (κ3) is 4.38. The Labute approximate surface area is 138 Å². The van der Waals surface area contributed by atoms with Crippen molar-refractivity contribution in [3.8, 4) is 5.75 Å². The number of amides is 2. The minimum atomic E-state index is -0.000558. The van der Waals surface area contributed by atoms with E-state index in [1.165, 1.54) is 32.4 Å². The van der Waals surface area contributed by atoms with Gasteiger partial charge in [-0.15, -0.1) is 0 Å². The Morgan fingerprint density at radius 2 is 2.09 bits per heavy atom. The molecule has 0 aliphatic carbocycles. The maximum Gasteiger partial charge on any atom is 0.321 e. The van der Waals surface area contributed by atoms with Gasteiger partial charge >= 0.3 is 6.03 Å². The second kappa shape index (κ2) is 7.68. The number of benzene rings is 1. The number of nitrogens with zero attached hydrogens (tertiary/aromatic N) is 2. The fraction of sp³-hybridized carbons (Fsp3) is 0.611. The van der Waals surface area contributed by atoms with Crippen LogP contribution in [-0.4, -0.2) is 55.7 Å². The normalized spacial score (nSPS) is 22.1. The zero-order valence-electron chi connectivity index (χ0n) is 14.0. The van der Waals surface area contributed by atoms with Crippen LogP contribution in [0.2, 0.25) is 0 Å². The molecule has 2 aliphatic rings. The number of hydrogen-bond acceptors (Lipinski definition) is 3. The zero-order valence-corrected chi connectivity index (χ0v) is 14.0. The number of ether oxygens (including phenoxy) is 1. The molecule has 1 aromatic rings. The summed E-state index contributed by atoms with van der Waals surface area (Å²) in [6.45, 7) is 5.32. The van der Waals surface area contributed by atoms with Crippen molar-refractivity contribution in [2.75, 3.05) is 45.2 Å². The lowest BCUT2D eigenvalue weighted by Gasteiger charge is -2.29. The average Bonchev–Trinajstić information content (AvgIpc) is 3.04. The first kappa shape index (κ1) is 16.1. The Bertz CT molecular complexity index is 529. The van der Waals surface area contributed by atoms with Crippen LogP contribution in [0.1, 0.15) is 25.7 Å². The molecule has 0 bridgehead atoms. The first-order valence-electron chi connectivity index (χ1n) is 8.67. The first-order valence-corrected chi connectivity index (χ1v) is 8.67. The Morgan fingerprint density at radius 1 is 1.26 bits per heavy atom. The molecule has 3 rings (SSSR count). The zero-order chi connectivity index (χ0) is 16.1. The number of piperidine rings is 1. The number of methoxy groups -OCH3 is 1. The lowest BCUT2D eigenvalue weighted by molar-refractivity contribution is 0.192. The summed E-state index contributed by atoms with van der Waals surface area (Å²) in [6.07, 6.45) is 5.14. The van der Waals surface area contributed by atoms with Crippen LogP contribution in [0, 0.1) is 5.92 Å². The molecule has 1 atom stereocenters. The molecule has 2 heterocycles. The van der Waals surface area contributed by atoms with Crippen molar-refractivity contribution < 1.29 is 9.53 Å². The fourth-order valence-corrected chi connectivity index (χ4v) is 3.58. The molecule has 0 radical (unpaired) electrons. The van der Waals surface area contributed by atoms with Gasteiger partial charge in [0.1, 0.15) is 5.75 Å². The van der Waals surface area contributed by atoms with E-state index in [1.54, 1.807) is 7.11 Å². The highest BCUT2D eigenvalue weighted by molar-refractivity contribution is 5.89. The number of hydrogen-bond donors (Lipinski definition) is 1. The standard InChI is InChI=1S/C18H27N3O2/c1-23-17-7-5-6-16(12-17)19-18(22)21-11-8-15(14-21)13-20-9-3-2-4-10-20/h5-7,12,15H,2-4,8-11,13-14H2,1H3,(H,19,22). The molecule has 1 unspecified atom stereocenters. The highest BCUT2D eigenvalue weighted by Gasteiger charge is 2.28. The summed E-state index contributed by atoms with van der Waals surface area (Å²) in [5.74, 6) is 1.37. The molecule has 5 heteroatoms. The molecule has 5 nitrogen and oxygen atoms in total. The van der Waals surface area contributed by atoms with Gasteiger partial charge in [0.2, 0.25) is 0 Å². The molecule has 1 aromatic carbocycles. The third-order valence-corrected chi connectivity index (χ3v) is 4.86. The highest BCUT2D eigenvalue weighted by atomic mass is 16.5. The Balaban J connectivity index is 1.48. The van der Waals surface area contributed by atoms with Gasteiger partial charge in [-0.2, -0.15) is 0 Å². The smallest absolute Gasteiger partial charge is 0.321 e. The van der Waals surface area contributed by atoms with Crippen molar-refractivity contribution >= 4 is 11.7 Å². The van der Waals surface area contributed by atoms with Crippen LogP contribution in [0.15, 0.2) is 24.3 Å². The summed E-state index contributed by atoms with van der Waals surface area (Å²) in [5.41, 5.74) is 0.786. The fourth-order valence-electron chi connectivity index (χ4n) is 3.58. The summed E-state index contributed by atoms with van der Waals surface area (Å²) >= 11 is 0. The summed E-state index contributed by atoms with van der Waals surface area (Å²) < 4.78 is 5.19. The van der Waals surface area contributed by atoms with E-state index in [-0.39, 0.29) is 6.03 Å². The predicted molar refractivity (Wildman–Crippen MR) is 92.0 cm³/mol. The summed E-state index contributed by atoms with van der Waals surface area (Å²) in [4.78, 5) is 16.9. The molecule has 126 valence electrons. The molecule has 0 saturated carbocycles. The van der Waals surface area contributed by atoms with Gasteiger partial charge in [-0.3, -0.25) is 0 Å². The van der Waals surface area contributed by atoms with Gasteiger partial charge in [-0.05, 0) is 50.4 Å². The molecule has 0 aromatic heterocycles. The summed E-state index contributed by atoms with van der Waals surface area (Å²) in [5, 5.41) is 2.98. The second-order valence-electron chi connectivity index (χ2n) is 6.62. The number of urea groups is 1. The van der Waals surface area contributed by atoms with Gasteiger partial charge in [-0.25, -0.2) is 4.79 Å². The van der Waals surface area contributed by atoms with Crippen molar-refractivity contribution in [2.45, 2.75) is 25.7 Å². The predicted octanol–water partition coefficient (Wildman–Crippen LogP) is 3.03. The van der Waals surface area contributed by atoms with Gasteiger partial charge in [0, 0.05) is 31.4 Å². The number of carbonyl (C=O) groups is 1. The van der Waals surface area contributed by atoms with Crippen LogP contribution in [0.3, 0.4) is 0 Å². The number of likely N-dealkylation sites (tertiary alicyclic amines) is 2. The lowest BCUT2D eigenvalue weighted by atomic mass is 10.1. The number of nitrogens with one attached hydrogen (secondary N) is 1. The SMILES string of the molecule is COc1cccc(NC(=O)N2CCC(CN3CCCCC3)C2)c1. The molecular weight excluding hydrogens is 290 g/mol. The molecule has 0 spiro atoms. The van der Waals surface area contributed by atoms with Gasteiger partial charge in [0.25, 0.3) is 0 Å². The van der Waals surface area contributed by atoms with Crippen molar-refractivity contribution in [1.82, 2.24) is 9.80 Å². The Hall–Kier alpha value is -1.75. The lowest BCUT2D eigenvalue weighted by Crippen LogP contribution is -2.37. The van der Waals surface area contributed by atoms with E-state index in [0.29, 0.717) is 5.92 Å². The average molecular weight is 317 g/mol. The molecule has 2 saturated heterocycles. The summed E-state index contributed by atoms with van der Waals surface area (Å²) in [7, 11) is 1.63. The van der Waals surface area contributed by atoms with E-state index in [9.17, 15) is 4.79 Å². The van der Waals surface area contributed by atoms with Gasteiger partial charge in [0.05, 0.1) is 7.11 Å². The van der Waals surface area contributed by atoms with Crippen molar-refractivity contribution in [1.29, 1.82) is 0 Å². The minimum absolute atomic E-state index is 0.000558. The van der Waals surface area contributed by atoms with Gasteiger partial charge < -0.3 is 19.9 Å². The van der Waals surface area contributed by atoms with E-state index in [1.807, 2.05) is 29.2 Å². The van der Waals surface area contributed by atoms with Crippen molar-refractivity contribution in [2.24, 2.45) is 5.92 Å². The Kier molecular flexibility index (Phi) is 5.39. The van der Waals surface area contributed by atoms with Crippen LogP contribution in [0.4, 0.5) is 10.5 Å². The maximum absolute atomic E-state index is 12.4. The highest BCUT2D eigenvalue weighted by Crippen LogP contribution is 2.22. The van der Waals surface area contributed by atoms with Crippen LogP contribution >= 0.6 is 0 Å². The minimum Gasteiger partial charge on any atom is -0.497 e. The van der Waals surface area contributed by atoms with Gasteiger partial charge in [0.15, 0.2) is 0 Å². The number of anilines is 1. The van der Waals surface area contributed by atoms with Crippen LogP contribution < -0.4 is 10.1 Å². The quantitative estimate of drug-likeness (QED) is 0.928. The van der Waals surface area contributed by atoms with Crippen molar-refractivity contribution in [3.63, 3.8) is 0 Å². The monoisotopic (exact) mass is 317 g/mol. The number of carbonyl (C=O) groups excluding carboxylic acids is 1. The van der Waals surface area contributed by atoms with E-state index >= 15 is 0 Å². The largest absolute Gasteiger partial charge is 0.497 e. The molecule has 2 amide bonds. The molecule has 1 N–H and O–H groups in total. The Morgan fingerprint density at radius 3 is 2.87 bits per heavy atom. The van der Waals surface area contributed by atoms with Crippen LogP contribution in [-0.2, 0) is 0 Å². The molecule has 23 heavy (non-hydrogen) atoms. The van der Waals surface area contributed by atoms with E-state index in [2.05, 4.69) is 10.2 Å². The third-order valence-electron chi connectivity index (χ3n) is 4.86. The molecule has 2 fully saturated rings. The molecular formula is C18H27N3O2. The second-order valence-corrected chi connectivity index (χ2v) is 6.62. The van der Waals surface area contributed by atoms with E-state index in [4.69, 9.17) is 4.74 Å².